The maximum atomic E-state index is 12.7. The number of fused-ring (bicyclic) bond motifs is 1. The number of para-hydroxylation sites is 2. The first-order chi connectivity index (χ1) is 12.4. The third kappa shape index (κ3) is 3.79. The summed E-state index contributed by atoms with van der Waals surface area (Å²) in [6.07, 6.45) is -0.627. The first-order valence-electron chi connectivity index (χ1n) is 8.12. The van der Waals surface area contributed by atoms with Crippen molar-refractivity contribution in [2.45, 2.75) is 19.6 Å². The molecule has 1 atom stereocenters. The van der Waals surface area contributed by atoms with Crippen LogP contribution in [0, 0.1) is 0 Å². The summed E-state index contributed by atoms with van der Waals surface area (Å²) in [5.41, 5.74) is 1.46. The normalized spacial score (nSPS) is 16.1. The highest BCUT2D eigenvalue weighted by Crippen LogP contribution is 2.33. The van der Waals surface area contributed by atoms with E-state index in [0.717, 1.165) is 5.56 Å². The van der Waals surface area contributed by atoms with Crippen LogP contribution in [0.1, 0.15) is 12.5 Å². The van der Waals surface area contributed by atoms with Crippen molar-refractivity contribution in [3.05, 3.63) is 58.1 Å². The van der Waals surface area contributed by atoms with Crippen molar-refractivity contribution in [1.29, 1.82) is 0 Å². The summed E-state index contributed by atoms with van der Waals surface area (Å²) < 4.78 is 5.59. The highest BCUT2D eigenvalue weighted by molar-refractivity contribution is 6.42. The zero-order valence-electron chi connectivity index (χ0n) is 14.4. The van der Waals surface area contributed by atoms with Crippen molar-refractivity contribution in [1.82, 2.24) is 4.90 Å². The third-order valence-corrected chi connectivity index (χ3v) is 4.94. The quantitative estimate of drug-likeness (QED) is 0.795. The van der Waals surface area contributed by atoms with Crippen LogP contribution >= 0.6 is 23.2 Å². The van der Waals surface area contributed by atoms with E-state index in [9.17, 15) is 9.59 Å². The number of carbonyl (C=O) groups is 2. The van der Waals surface area contributed by atoms with E-state index in [2.05, 4.69) is 0 Å². The van der Waals surface area contributed by atoms with Gasteiger partial charge in [0.2, 0.25) is 5.91 Å². The second-order valence-corrected chi connectivity index (χ2v) is 6.96. The molecule has 1 unspecified atom stereocenters. The number of amides is 2. The average Bonchev–Trinajstić information content (AvgIpc) is 2.61. The zero-order chi connectivity index (χ0) is 18.8. The van der Waals surface area contributed by atoms with Crippen LogP contribution in [0.2, 0.25) is 10.0 Å². The molecular formula is C19H18Cl2N2O3. The number of anilines is 1. The second kappa shape index (κ2) is 7.56. The molecule has 1 aliphatic heterocycles. The molecule has 26 heavy (non-hydrogen) atoms. The van der Waals surface area contributed by atoms with E-state index in [1.807, 2.05) is 18.2 Å². The van der Waals surface area contributed by atoms with Gasteiger partial charge in [-0.25, -0.2) is 0 Å². The van der Waals surface area contributed by atoms with Crippen LogP contribution in [0.25, 0.3) is 0 Å². The second-order valence-electron chi connectivity index (χ2n) is 6.15. The van der Waals surface area contributed by atoms with Crippen molar-refractivity contribution in [3.8, 4) is 5.75 Å². The van der Waals surface area contributed by atoms with Gasteiger partial charge in [0.1, 0.15) is 12.3 Å². The first kappa shape index (κ1) is 18.5. The van der Waals surface area contributed by atoms with Gasteiger partial charge in [-0.15, -0.1) is 0 Å². The van der Waals surface area contributed by atoms with Crippen LogP contribution < -0.4 is 9.64 Å². The lowest BCUT2D eigenvalue weighted by Gasteiger charge is -2.33. The van der Waals surface area contributed by atoms with E-state index in [1.54, 1.807) is 43.1 Å². The van der Waals surface area contributed by atoms with Gasteiger partial charge in [0.15, 0.2) is 6.10 Å². The lowest BCUT2D eigenvalue weighted by molar-refractivity contribution is -0.132. The smallest absolute Gasteiger partial charge is 0.268 e. The zero-order valence-corrected chi connectivity index (χ0v) is 15.9. The molecule has 2 aromatic carbocycles. The van der Waals surface area contributed by atoms with Crippen molar-refractivity contribution < 1.29 is 14.3 Å². The van der Waals surface area contributed by atoms with Crippen molar-refractivity contribution in [2.24, 2.45) is 0 Å². The molecule has 7 heteroatoms. The lowest BCUT2D eigenvalue weighted by Crippen LogP contribution is -2.48. The van der Waals surface area contributed by atoms with Crippen LogP contribution in [-0.4, -0.2) is 36.4 Å². The Morgan fingerprint density at radius 3 is 2.65 bits per heavy atom. The minimum atomic E-state index is -0.627. The largest absolute Gasteiger partial charge is 0.479 e. The topological polar surface area (TPSA) is 49.9 Å². The number of rotatable bonds is 4. The molecule has 0 saturated carbocycles. The fraction of sp³-hybridized carbons (Fsp3) is 0.263. The molecule has 3 rings (SSSR count). The Morgan fingerprint density at radius 2 is 1.92 bits per heavy atom. The van der Waals surface area contributed by atoms with Crippen molar-refractivity contribution in [2.75, 3.05) is 18.5 Å². The predicted molar refractivity (Wildman–Crippen MR) is 102 cm³/mol. The summed E-state index contributed by atoms with van der Waals surface area (Å²) in [4.78, 5) is 28.2. The molecule has 5 nitrogen and oxygen atoms in total. The molecule has 2 amide bonds. The van der Waals surface area contributed by atoms with E-state index in [0.29, 0.717) is 28.0 Å². The minimum absolute atomic E-state index is 0.0542. The van der Waals surface area contributed by atoms with E-state index >= 15 is 0 Å². The Hall–Kier alpha value is -2.24. The summed E-state index contributed by atoms with van der Waals surface area (Å²) in [6.45, 7) is 1.99. The Labute approximate surface area is 162 Å². The number of halogens is 2. The highest BCUT2D eigenvalue weighted by Gasteiger charge is 2.33. The Balaban J connectivity index is 1.74. The van der Waals surface area contributed by atoms with Gasteiger partial charge in [-0.2, -0.15) is 0 Å². The number of benzene rings is 2. The molecule has 1 heterocycles. The van der Waals surface area contributed by atoms with Gasteiger partial charge in [-0.1, -0.05) is 41.4 Å². The third-order valence-electron chi connectivity index (χ3n) is 4.20. The van der Waals surface area contributed by atoms with Gasteiger partial charge < -0.3 is 9.64 Å². The van der Waals surface area contributed by atoms with Crippen molar-refractivity contribution >= 4 is 40.7 Å². The Morgan fingerprint density at radius 1 is 1.19 bits per heavy atom. The monoisotopic (exact) mass is 392 g/mol. The number of hydrogen-bond donors (Lipinski definition) is 0. The average molecular weight is 393 g/mol. The van der Waals surface area contributed by atoms with Crippen LogP contribution in [0.15, 0.2) is 42.5 Å². The van der Waals surface area contributed by atoms with Gasteiger partial charge in [-0.3, -0.25) is 14.5 Å². The van der Waals surface area contributed by atoms with E-state index < -0.39 is 6.10 Å². The van der Waals surface area contributed by atoms with Gasteiger partial charge >= 0.3 is 0 Å². The summed E-state index contributed by atoms with van der Waals surface area (Å²) in [5, 5.41) is 0.907. The molecule has 2 aromatic rings. The summed E-state index contributed by atoms with van der Waals surface area (Å²) in [5.74, 6) is 0.174. The van der Waals surface area contributed by atoms with Gasteiger partial charge in [-0.05, 0) is 36.8 Å². The standard InChI is InChI=1S/C19H18Cl2N2O3/c1-12-19(25)23(16-5-3-4-6-17(16)26-12)11-18(24)22(2)10-13-7-8-14(20)15(21)9-13/h3-9,12H,10-11H2,1-2H3. The molecule has 1 aliphatic rings. The van der Waals surface area contributed by atoms with Crippen LogP contribution in [-0.2, 0) is 16.1 Å². The Bertz CT molecular complexity index is 856. The maximum Gasteiger partial charge on any atom is 0.268 e. The fourth-order valence-corrected chi connectivity index (χ4v) is 3.10. The number of nitrogens with zero attached hydrogens (tertiary/aromatic N) is 2. The van der Waals surface area contributed by atoms with Gasteiger partial charge in [0.25, 0.3) is 5.91 Å². The predicted octanol–water partition coefficient (Wildman–Crippen LogP) is 3.77. The molecule has 0 N–H and O–H groups in total. The number of likely N-dealkylation sites (N-methyl/N-ethyl adjacent to an activating group) is 1. The fourth-order valence-electron chi connectivity index (χ4n) is 2.78. The number of hydrogen-bond acceptors (Lipinski definition) is 3. The molecular weight excluding hydrogens is 375 g/mol. The lowest BCUT2D eigenvalue weighted by atomic mass is 10.1. The molecule has 0 spiro atoms. The van der Waals surface area contributed by atoms with E-state index in [-0.39, 0.29) is 18.4 Å². The Kier molecular flexibility index (Phi) is 5.39. The summed E-state index contributed by atoms with van der Waals surface area (Å²) in [6, 6.07) is 12.4. The molecule has 0 radical (unpaired) electrons. The number of carbonyl (C=O) groups excluding carboxylic acids is 2. The molecule has 0 bridgehead atoms. The highest BCUT2D eigenvalue weighted by atomic mass is 35.5. The molecule has 0 fully saturated rings. The van der Waals surface area contributed by atoms with Gasteiger partial charge in [0, 0.05) is 13.6 Å². The van der Waals surface area contributed by atoms with E-state index in [4.69, 9.17) is 27.9 Å². The SMILES string of the molecule is CC1Oc2ccccc2N(CC(=O)N(C)Cc2ccc(Cl)c(Cl)c2)C1=O. The van der Waals surface area contributed by atoms with E-state index in [1.165, 1.54) is 4.90 Å². The molecule has 0 saturated heterocycles. The first-order valence-corrected chi connectivity index (χ1v) is 8.87. The molecule has 0 aliphatic carbocycles. The van der Waals surface area contributed by atoms with Crippen LogP contribution in [0.5, 0.6) is 5.75 Å². The molecule has 0 aromatic heterocycles. The van der Waals surface area contributed by atoms with Crippen LogP contribution in [0.3, 0.4) is 0 Å². The van der Waals surface area contributed by atoms with Crippen LogP contribution in [0.4, 0.5) is 5.69 Å². The van der Waals surface area contributed by atoms with Gasteiger partial charge in [0.05, 0.1) is 15.7 Å². The maximum absolute atomic E-state index is 12.7. The minimum Gasteiger partial charge on any atom is -0.479 e. The molecule has 136 valence electrons. The van der Waals surface area contributed by atoms with Crippen molar-refractivity contribution in [3.63, 3.8) is 0 Å². The number of ether oxygens (including phenoxy) is 1. The summed E-state index contributed by atoms with van der Waals surface area (Å²) in [7, 11) is 1.69. The summed E-state index contributed by atoms with van der Waals surface area (Å²) >= 11 is 11.9.